The molecule has 0 saturated heterocycles. The molecule has 1 N–H and O–H groups in total. The minimum absolute atomic E-state index is 0.0848. The van der Waals surface area contributed by atoms with Gasteiger partial charge in [-0.1, -0.05) is 30.3 Å². The van der Waals surface area contributed by atoms with Crippen molar-refractivity contribution in [1.29, 1.82) is 0 Å². The van der Waals surface area contributed by atoms with Crippen molar-refractivity contribution in [2.24, 2.45) is 0 Å². The Bertz CT molecular complexity index is 715. The number of alkyl carbamates (subject to hydrolysis) is 1. The fourth-order valence-corrected chi connectivity index (χ4v) is 2.27. The van der Waals surface area contributed by atoms with Crippen LogP contribution in [0.15, 0.2) is 46.9 Å². The van der Waals surface area contributed by atoms with E-state index in [9.17, 15) is 9.59 Å². The number of rotatable bonds is 5. The predicted octanol–water partition coefficient (Wildman–Crippen LogP) is 3.87. The summed E-state index contributed by atoms with van der Waals surface area (Å²) in [6.07, 6.45) is -0.0572. The highest BCUT2D eigenvalue weighted by Crippen LogP contribution is 2.22. The molecule has 1 heterocycles. The van der Waals surface area contributed by atoms with E-state index in [4.69, 9.17) is 9.15 Å². The molecule has 6 heteroatoms. The summed E-state index contributed by atoms with van der Waals surface area (Å²) in [6.45, 7) is 5.38. The van der Waals surface area contributed by atoms with E-state index in [0.29, 0.717) is 12.2 Å². The first-order valence-electron chi connectivity index (χ1n) is 8.00. The van der Waals surface area contributed by atoms with Crippen LogP contribution in [-0.4, -0.2) is 24.8 Å². The third kappa shape index (κ3) is 5.67. The zero-order chi connectivity index (χ0) is 18.4. The maximum Gasteiger partial charge on any atom is 0.408 e. The Morgan fingerprint density at radius 2 is 1.80 bits per heavy atom. The summed E-state index contributed by atoms with van der Waals surface area (Å²) < 4.78 is 15.5. The topological polar surface area (TPSA) is 77.8 Å². The number of hydrogen-bond acceptors (Lipinski definition) is 5. The second kappa shape index (κ2) is 7.88. The molecule has 0 aliphatic rings. The lowest BCUT2D eigenvalue weighted by Gasteiger charge is -2.23. The molecule has 1 aromatic heterocycles. The summed E-state index contributed by atoms with van der Waals surface area (Å²) in [7, 11) is 1.28. The van der Waals surface area contributed by atoms with E-state index < -0.39 is 23.7 Å². The van der Waals surface area contributed by atoms with Gasteiger partial charge in [-0.25, -0.2) is 9.59 Å². The van der Waals surface area contributed by atoms with Crippen LogP contribution in [0.1, 0.15) is 48.7 Å². The average molecular weight is 345 g/mol. The van der Waals surface area contributed by atoms with Gasteiger partial charge < -0.3 is 19.2 Å². The Kier molecular flexibility index (Phi) is 5.85. The van der Waals surface area contributed by atoms with Crippen LogP contribution in [0, 0.1) is 0 Å². The number of benzene rings is 1. The molecule has 1 amide bonds. The molecule has 0 saturated carbocycles. The first-order valence-corrected chi connectivity index (χ1v) is 8.00. The van der Waals surface area contributed by atoms with E-state index in [0.717, 1.165) is 5.56 Å². The molecule has 6 nitrogen and oxygen atoms in total. The van der Waals surface area contributed by atoms with Crippen molar-refractivity contribution in [3.05, 3.63) is 59.5 Å². The summed E-state index contributed by atoms with van der Waals surface area (Å²) >= 11 is 0. The maximum absolute atomic E-state index is 12.2. The first kappa shape index (κ1) is 18.6. The number of amides is 1. The Hall–Kier alpha value is -2.76. The normalized spacial score (nSPS) is 12.3. The molecule has 2 aromatic rings. The van der Waals surface area contributed by atoms with Crippen LogP contribution in [0.4, 0.5) is 4.79 Å². The van der Waals surface area contributed by atoms with Gasteiger partial charge >= 0.3 is 12.1 Å². The number of methoxy groups -OCH3 is 1. The molecule has 25 heavy (non-hydrogen) atoms. The fraction of sp³-hybridized carbons (Fsp3) is 0.368. The van der Waals surface area contributed by atoms with Crippen molar-refractivity contribution >= 4 is 12.1 Å². The van der Waals surface area contributed by atoms with E-state index in [1.165, 1.54) is 13.2 Å². The molecule has 0 unspecified atom stereocenters. The molecule has 0 aliphatic carbocycles. The highest BCUT2D eigenvalue weighted by molar-refractivity contribution is 5.86. The molecular formula is C19H23NO5. The summed E-state index contributed by atoms with van der Waals surface area (Å²) in [5.41, 5.74) is 0.404. The highest BCUT2D eigenvalue weighted by atomic mass is 16.6. The van der Waals surface area contributed by atoms with E-state index in [1.807, 2.05) is 30.3 Å². The second-order valence-electron chi connectivity index (χ2n) is 6.58. The Morgan fingerprint density at radius 1 is 1.12 bits per heavy atom. The fourth-order valence-electron chi connectivity index (χ4n) is 2.27. The average Bonchev–Trinajstić information content (AvgIpc) is 3.02. The number of nitrogens with one attached hydrogen (secondary N) is 1. The monoisotopic (exact) mass is 345 g/mol. The lowest BCUT2D eigenvalue weighted by Crippen LogP contribution is -2.35. The minimum Gasteiger partial charge on any atom is -0.463 e. The van der Waals surface area contributed by atoms with Crippen molar-refractivity contribution in [1.82, 2.24) is 5.32 Å². The molecule has 0 aliphatic heterocycles. The van der Waals surface area contributed by atoms with Gasteiger partial charge in [-0.2, -0.15) is 0 Å². The first-order chi connectivity index (χ1) is 11.8. The van der Waals surface area contributed by atoms with Crippen LogP contribution < -0.4 is 5.32 Å². The van der Waals surface area contributed by atoms with Gasteiger partial charge in [-0.05, 0) is 38.5 Å². The maximum atomic E-state index is 12.2. The SMILES string of the molecule is COC(=O)c1ccc([C@@H](Cc2ccccc2)NC(=O)OC(C)(C)C)o1. The molecule has 0 fully saturated rings. The molecule has 2 rings (SSSR count). The molecule has 0 spiro atoms. The molecule has 134 valence electrons. The second-order valence-corrected chi connectivity index (χ2v) is 6.58. The van der Waals surface area contributed by atoms with Crippen LogP contribution in [0.3, 0.4) is 0 Å². The van der Waals surface area contributed by atoms with Crippen molar-refractivity contribution in [2.75, 3.05) is 7.11 Å². The number of esters is 1. The zero-order valence-corrected chi connectivity index (χ0v) is 14.9. The van der Waals surface area contributed by atoms with Crippen molar-refractivity contribution in [2.45, 2.75) is 38.8 Å². The third-order valence-corrected chi connectivity index (χ3v) is 3.33. The molecule has 0 bridgehead atoms. The summed E-state index contributed by atoms with van der Waals surface area (Å²) in [5, 5.41) is 2.80. The lowest BCUT2D eigenvalue weighted by molar-refractivity contribution is 0.0496. The smallest absolute Gasteiger partial charge is 0.408 e. The van der Waals surface area contributed by atoms with Crippen molar-refractivity contribution in [3.63, 3.8) is 0 Å². The van der Waals surface area contributed by atoms with Crippen LogP contribution in [0.5, 0.6) is 0 Å². The summed E-state index contributed by atoms with van der Waals surface area (Å²) in [5.74, 6) is -0.0290. The van der Waals surface area contributed by atoms with Crippen LogP contribution in [-0.2, 0) is 15.9 Å². The predicted molar refractivity (Wildman–Crippen MR) is 92.3 cm³/mol. The number of furan rings is 1. The quantitative estimate of drug-likeness (QED) is 0.832. The standard InChI is InChI=1S/C19H23NO5/c1-19(2,3)25-18(22)20-14(12-13-8-6-5-7-9-13)15-10-11-16(24-15)17(21)23-4/h5-11,14H,12H2,1-4H3,(H,20,22)/t14-/m1/s1. The lowest BCUT2D eigenvalue weighted by atomic mass is 10.0. The van der Waals surface area contributed by atoms with Gasteiger partial charge in [-0.15, -0.1) is 0 Å². The number of hydrogen-bond donors (Lipinski definition) is 1. The molecule has 1 atom stereocenters. The van der Waals surface area contributed by atoms with Crippen molar-refractivity contribution < 1.29 is 23.5 Å². The van der Waals surface area contributed by atoms with Crippen LogP contribution >= 0.6 is 0 Å². The number of carbonyl (C=O) groups is 2. The highest BCUT2D eigenvalue weighted by Gasteiger charge is 2.24. The Balaban J connectivity index is 2.21. The molecular weight excluding hydrogens is 322 g/mol. The minimum atomic E-state index is -0.609. The zero-order valence-electron chi connectivity index (χ0n) is 14.9. The molecule has 1 aromatic carbocycles. The van der Waals surface area contributed by atoms with Gasteiger partial charge in [0.25, 0.3) is 0 Å². The van der Waals surface area contributed by atoms with E-state index in [1.54, 1.807) is 26.8 Å². The van der Waals surface area contributed by atoms with Crippen LogP contribution in [0.25, 0.3) is 0 Å². The Morgan fingerprint density at radius 3 is 2.40 bits per heavy atom. The van der Waals surface area contributed by atoms with E-state index in [2.05, 4.69) is 10.1 Å². The van der Waals surface area contributed by atoms with Gasteiger partial charge in [0.05, 0.1) is 13.2 Å². The van der Waals surface area contributed by atoms with Gasteiger partial charge in [0.2, 0.25) is 5.76 Å². The number of ether oxygens (including phenoxy) is 2. The molecule has 0 radical (unpaired) electrons. The largest absolute Gasteiger partial charge is 0.463 e. The van der Waals surface area contributed by atoms with E-state index in [-0.39, 0.29) is 5.76 Å². The van der Waals surface area contributed by atoms with Gasteiger partial charge in [0.15, 0.2) is 0 Å². The van der Waals surface area contributed by atoms with E-state index >= 15 is 0 Å². The van der Waals surface area contributed by atoms with Gasteiger partial charge in [0.1, 0.15) is 11.4 Å². The van der Waals surface area contributed by atoms with Crippen molar-refractivity contribution in [3.8, 4) is 0 Å². The number of carbonyl (C=O) groups excluding carboxylic acids is 2. The van der Waals surface area contributed by atoms with Gasteiger partial charge in [-0.3, -0.25) is 0 Å². The third-order valence-electron chi connectivity index (χ3n) is 3.33. The summed E-state index contributed by atoms with van der Waals surface area (Å²) in [4.78, 5) is 23.8. The summed E-state index contributed by atoms with van der Waals surface area (Å²) in [6, 6.07) is 12.4. The van der Waals surface area contributed by atoms with Crippen LogP contribution in [0.2, 0.25) is 0 Å². The van der Waals surface area contributed by atoms with Gasteiger partial charge in [0, 0.05) is 6.42 Å². The Labute approximate surface area is 147 Å².